The van der Waals surface area contributed by atoms with Crippen LogP contribution in [0.25, 0.3) is 11.0 Å². The second-order valence-corrected chi connectivity index (χ2v) is 8.83. The Labute approximate surface area is 167 Å². The number of carbonyl (C=O) groups excluding carboxylic acids is 1. The summed E-state index contributed by atoms with van der Waals surface area (Å²) in [5.41, 5.74) is 0.853. The second-order valence-electron chi connectivity index (χ2n) is 6.89. The van der Waals surface area contributed by atoms with Crippen LogP contribution in [0, 0.1) is 6.92 Å². The molecule has 0 spiro atoms. The molecule has 1 N–H and O–H groups in total. The van der Waals surface area contributed by atoms with Gasteiger partial charge in [0.1, 0.15) is 11.2 Å². The SMILES string of the molecule is Cc1ccc2c(=O)c(C(=O)N3CCN(S(=O)(=O)c4ccccc4)CC3)c[nH]c2n1. The van der Waals surface area contributed by atoms with E-state index in [1.807, 2.05) is 6.92 Å². The van der Waals surface area contributed by atoms with Gasteiger partial charge in [0.15, 0.2) is 0 Å². The van der Waals surface area contributed by atoms with E-state index in [-0.39, 0.29) is 42.1 Å². The molecule has 150 valence electrons. The van der Waals surface area contributed by atoms with E-state index in [0.29, 0.717) is 11.0 Å². The number of hydrogen-bond donors (Lipinski definition) is 1. The summed E-state index contributed by atoms with van der Waals surface area (Å²) in [6.45, 7) is 2.60. The minimum absolute atomic E-state index is 0.0301. The Bertz CT molecular complexity index is 1230. The van der Waals surface area contributed by atoms with E-state index in [2.05, 4.69) is 9.97 Å². The maximum atomic E-state index is 12.9. The molecule has 1 saturated heterocycles. The fourth-order valence-corrected chi connectivity index (χ4v) is 4.85. The standard InChI is InChI=1S/C20H20N4O4S/c1-14-7-8-16-18(25)17(13-21-19(16)22-14)20(26)23-9-11-24(12-10-23)29(27,28)15-5-3-2-4-6-15/h2-8,13H,9-12H2,1H3,(H,21,22,25). The van der Waals surface area contributed by atoms with Gasteiger partial charge in [0.05, 0.1) is 10.3 Å². The number of pyridine rings is 2. The number of amides is 1. The van der Waals surface area contributed by atoms with Crippen LogP contribution in [0.3, 0.4) is 0 Å². The van der Waals surface area contributed by atoms with E-state index in [4.69, 9.17) is 0 Å². The first-order chi connectivity index (χ1) is 13.9. The van der Waals surface area contributed by atoms with Crippen molar-refractivity contribution in [1.29, 1.82) is 0 Å². The van der Waals surface area contributed by atoms with Crippen molar-refractivity contribution in [2.24, 2.45) is 0 Å². The summed E-state index contributed by atoms with van der Waals surface area (Å²) in [5.74, 6) is -0.412. The van der Waals surface area contributed by atoms with Crippen molar-refractivity contribution in [3.05, 3.63) is 70.1 Å². The second kappa shape index (κ2) is 7.41. The predicted molar refractivity (Wildman–Crippen MR) is 108 cm³/mol. The summed E-state index contributed by atoms with van der Waals surface area (Å²) in [5, 5.41) is 0.353. The third-order valence-corrected chi connectivity index (χ3v) is 6.93. The van der Waals surface area contributed by atoms with Gasteiger partial charge in [-0.15, -0.1) is 0 Å². The Morgan fingerprint density at radius 1 is 1.03 bits per heavy atom. The number of nitrogens with one attached hydrogen (secondary N) is 1. The van der Waals surface area contributed by atoms with Crippen LogP contribution in [0.5, 0.6) is 0 Å². The third-order valence-electron chi connectivity index (χ3n) is 5.01. The molecule has 1 aromatic carbocycles. The van der Waals surface area contributed by atoms with Crippen LogP contribution in [-0.2, 0) is 10.0 Å². The first-order valence-electron chi connectivity index (χ1n) is 9.21. The number of sulfonamides is 1. The van der Waals surface area contributed by atoms with Gasteiger partial charge in [0, 0.05) is 38.1 Å². The molecule has 1 aliphatic rings. The molecule has 1 fully saturated rings. The van der Waals surface area contributed by atoms with Crippen LogP contribution in [0.15, 0.2) is 58.4 Å². The van der Waals surface area contributed by atoms with Crippen molar-refractivity contribution in [2.45, 2.75) is 11.8 Å². The number of rotatable bonds is 3. The fourth-order valence-electron chi connectivity index (χ4n) is 3.40. The first-order valence-corrected chi connectivity index (χ1v) is 10.7. The monoisotopic (exact) mass is 412 g/mol. The minimum atomic E-state index is -3.60. The van der Waals surface area contributed by atoms with Crippen molar-refractivity contribution < 1.29 is 13.2 Å². The zero-order valence-corrected chi connectivity index (χ0v) is 16.6. The molecule has 8 nitrogen and oxygen atoms in total. The largest absolute Gasteiger partial charge is 0.345 e. The van der Waals surface area contributed by atoms with Gasteiger partial charge >= 0.3 is 0 Å². The number of fused-ring (bicyclic) bond motifs is 1. The summed E-state index contributed by atoms with van der Waals surface area (Å²) in [6, 6.07) is 11.6. The Kier molecular flexibility index (Phi) is 4.93. The maximum absolute atomic E-state index is 12.9. The lowest BCUT2D eigenvalue weighted by molar-refractivity contribution is 0.0696. The Morgan fingerprint density at radius 3 is 2.41 bits per heavy atom. The van der Waals surface area contributed by atoms with Gasteiger partial charge in [0.2, 0.25) is 15.5 Å². The molecule has 29 heavy (non-hydrogen) atoms. The van der Waals surface area contributed by atoms with E-state index in [1.165, 1.54) is 15.4 Å². The molecule has 0 atom stereocenters. The maximum Gasteiger partial charge on any atom is 0.259 e. The number of benzene rings is 1. The van der Waals surface area contributed by atoms with Crippen LogP contribution in [0.2, 0.25) is 0 Å². The predicted octanol–water partition coefficient (Wildman–Crippen LogP) is 1.38. The average molecular weight is 412 g/mol. The van der Waals surface area contributed by atoms with Gasteiger partial charge in [-0.05, 0) is 31.2 Å². The summed E-state index contributed by atoms with van der Waals surface area (Å²) in [7, 11) is -3.60. The van der Waals surface area contributed by atoms with Crippen LogP contribution in [0.4, 0.5) is 0 Å². The highest BCUT2D eigenvalue weighted by Crippen LogP contribution is 2.18. The fraction of sp³-hybridized carbons (Fsp3) is 0.250. The van der Waals surface area contributed by atoms with Crippen molar-refractivity contribution in [2.75, 3.05) is 26.2 Å². The highest BCUT2D eigenvalue weighted by Gasteiger charge is 2.31. The van der Waals surface area contributed by atoms with E-state index < -0.39 is 15.9 Å². The normalized spacial score (nSPS) is 15.6. The number of carbonyl (C=O) groups is 1. The van der Waals surface area contributed by atoms with Gasteiger partial charge in [-0.1, -0.05) is 18.2 Å². The summed E-state index contributed by atoms with van der Waals surface area (Å²) in [4.78, 5) is 34.5. The van der Waals surface area contributed by atoms with Crippen molar-refractivity contribution in [3.8, 4) is 0 Å². The van der Waals surface area contributed by atoms with E-state index >= 15 is 0 Å². The lowest BCUT2D eigenvalue weighted by Gasteiger charge is -2.33. The molecule has 3 aromatic rings. The quantitative estimate of drug-likeness (QED) is 0.700. The molecule has 1 aliphatic heterocycles. The van der Waals surface area contributed by atoms with Crippen molar-refractivity contribution in [1.82, 2.24) is 19.2 Å². The van der Waals surface area contributed by atoms with Crippen LogP contribution in [0.1, 0.15) is 16.1 Å². The first kappa shape index (κ1) is 19.3. The molecule has 0 aliphatic carbocycles. The number of nitrogens with zero attached hydrogens (tertiary/aromatic N) is 3. The summed E-state index contributed by atoms with van der Waals surface area (Å²) in [6.07, 6.45) is 1.38. The Balaban J connectivity index is 1.53. The molecule has 3 heterocycles. The van der Waals surface area contributed by atoms with E-state index in [0.717, 1.165) is 5.69 Å². The molecule has 2 aromatic heterocycles. The number of aryl methyl sites for hydroxylation is 1. The van der Waals surface area contributed by atoms with Gasteiger partial charge in [0.25, 0.3) is 5.91 Å². The number of hydrogen-bond acceptors (Lipinski definition) is 5. The van der Waals surface area contributed by atoms with Crippen molar-refractivity contribution in [3.63, 3.8) is 0 Å². The molecular weight excluding hydrogens is 392 g/mol. The van der Waals surface area contributed by atoms with Crippen LogP contribution in [-0.4, -0.2) is 59.7 Å². The van der Waals surface area contributed by atoms with Crippen LogP contribution >= 0.6 is 0 Å². The number of aromatic amines is 1. The summed E-state index contributed by atoms with van der Waals surface area (Å²) >= 11 is 0. The van der Waals surface area contributed by atoms with Crippen LogP contribution < -0.4 is 5.43 Å². The average Bonchev–Trinajstić information content (AvgIpc) is 2.74. The lowest BCUT2D eigenvalue weighted by atomic mass is 10.1. The minimum Gasteiger partial charge on any atom is -0.345 e. The number of piperazine rings is 1. The van der Waals surface area contributed by atoms with E-state index in [1.54, 1.807) is 42.5 Å². The zero-order valence-electron chi connectivity index (χ0n) is 15.8. The number of H-pyrrole nitrogens is 1. The molecule has 0 radical (unpaired) electrons. The molecular formula is C20H20N4O4S. The Morgan fingerprint density at radius 2 is 1.72 bits per heavy atom. The van der Waals surface area contributed by atoms with Gasteiger partial charge in [-0.3, -0.25) is 9.59 Å². The molecule has 0 unspecified atom stereocenters. The van der Waals surface area contributed by atoms with Crippen molar-refractivity contribution >= 4 is 27.0 Å². The number of aromatic nitrogens is 2. The molecule has 1 amide bonds. The molecule has 0 bridgehead atoms. The summed E-state index contributed by atoms with van der Waals surface area (Å²) < 4.78 is 26.8. The zero-order chi connectivity index (χ0) is 20.6. The molecule has 4 rings (SSSR count). The topological polar surface area (TPSA) is 103 Å². The van der Waals surface area contributed by atoms with Gasteiger partial charge in [-0.25, -0.2) is 13.4 Å². The Hall–Kier alpha value is -3.04. The highest BCUT2D eigenvalue weighted by molar-refractivity contribution is 7.89. The van der Waals surface area contributed by atoms with E-state index in [9.17, 15) is 18.0 Å². The highest BCUT2D eigenvalue weighted by atomic mass is 32.2. The lowest BCUT2D eigenvalue weighted by Crippen LogP contribution is -2.51. The molecule has 9 heteroatoms. The smallest absolute Gasteiger partial charge is 0.259 e. The molecule has 0 saturated carbocycles. The van der Waals surface area contributed by atoms with Gasteiger partial charge < -0.3 is 9.88 Å². The third kappa shape index (κ3) is 3.54. The van der Waals surface area contributed by atoms with Gasteiger partial charge in [-0.2, -0.15) is 4.31 Å².